The van der Waals surface area contributed by atoms with Crippen molar-refractivity contribution < 1.29 is 0 Å². The fourth-order valence-electron chi connectivity index (χ4n) is 2.96. The van der Waals surface area contributed by atoms with E-state index in [0.717, 1.165) is 41.5 Å². The van der Waals surface area contributed by atoms with Crippen LogP contribution in [-0.4, -0.2) is 24.0 Å². The van der Waals surface area contributed by atoms with Crippen LogP contribution >= 0.6 is 23.2 Å². The van der Waals surface area contributed by atoms with Gasteiger partial charge in [0.2, 0.25) is 0 Å². The molecule has 106 valence electrons. The molecular weight excluding hydrogens is 279 g/mol. The summed E-state index contributed by atoms with van der Waals surface area (Å²) in [6, 6.07) is 5.92. The molecule has 1 fully saturated rings. The van der Waals surface area contributed by atoms with Crippen LogP contribution in [0.5, 0.6) is 0 Å². The first-order chi connectivity index (χ1) is 9.00. The highest BCUT2D eigenvalue weighted by molar-refractivity contribution is 6.36. The Labute approximate surface area is 125 Å². The van der Waals surface area contributed by atoms with Crippen molar-refractivity contribution in [2.75, 3.05) is 13.1 Å². The predicted octanol–water partition coefficient (Wildman–Crippen LogP) is 4.11. The number of nitrogens with two attached hydrogens (primary N) is 1. The van der Waals surface area contributed by atoms with Gasteiger partial charge in [-0.3, -0.25) is 4.90 Å². The van der Waals surface area contributed by atoms with E-state index in [1.54, 1.807) is 0 Å². The fourth-order valence-corrected chi connectivity index (χ4v) is 3.58. The Kier molecular flexibility index (Phi) is 5.13. The first-order valence-corrected chi connectivity index (χ1v) is 7.70. The maximum absolute atomic E-state index is 6.36. The summed E-state index contributed by atoms with van der Waals surface area (Å²) < 4.78 is 0. The molecule has 1 aliphatic heterocycles. The van der Waals surface area contributed by atoms with E-state index in [1.165, 1.54) is 0 Å². The van der Waals surface area contributed by atoms with Crippen molar-refractivity contribution in [1.29, 1.82) is 0 Å². The lowest BCUT2D eigenvalue weighted by Crippen LogP contribution is -2.47. The molecule has 2 unspecified atom stereocenters. The second-order valence-electron chi connectivity index (χ2n) is 5.78. The van der Waals surface area contributed by atoms with Crippen LogP contribution in [0.2, 0.25) is 10.0 Å². The Morgan fingerprint density at radius 2 is 1.95 bits per heavy atom. The molecule has 1 aliphatic rings. The SMILES string of the molecule is CC(C)CN1CCCC(N)C1c1c(Cl)cccc1Cl. The van der Waals surface area contributed by atoms with Crippen LogP contribution in [0.3, 0.4) is 0 Å². The van der Waals surface area contributed by atoms with Gasteiger partial charge >= 0.3 is 0 Å². The molecule has 0 spiro atoms. The van der Waals surface area contributed by atoms with Crippen molar-refractivity contribution >= 4 is 23.2 Å². The van der Waals surface area contributed by atoms with Gasteiger partial charge in [0.05, 0.1) is 6.04 Å². The number of benzene rings is 1. The summed E-state index contributed by atoms with van der Waals surface area (Å²) in [6.07, 6.45) is 2.17. The molecule has 2 atom stereocenters. The molecule has 1 aromatic carbocycles. The second kappa shape index (κ2) is 6.45. The largest absolute Gasteiger partial charge is 0.326 e. The molecule has 1 saturated heterocycles. The third-order valence-corrected chi connectivity index (χ3v) is 4.34. The van der Waals surface area contributed by atoms with E-state index >= 15 is 0 Å². The van der Waals surface area contributed by atoms with Crippen LogP contribution in [0.15, 0.2) is 18.2 Å². The lowest BCUT2D eigenvalue weighted by atomic mass is 9.90. The van der Waals surface area contributed by atoms with Gasteiger partial charge in [-0.2, -0.15) is 0 Å². The van der Waals surface area contributed by atoms with Gasteiger partial charge < -0.3 is 5.73 Å². The Bertz CT molecular complexity index is 414. The molecule has 2 rings (SSSR count). The molecule has 2 N–H and O–H groups in total. The summed E-state index contributed by atoms with van der Waals surface area (Å²) in [5.74, 6) is 0.606. The van der Waals surface area contributed by atoms with Crippen molar-refractivity contribution in [3.8, 4) is 0 Å². The van der Waals surface area contributed by atoms with E-state index in [-0.39, 0.29) is 12.1 Å². The highest BCUT2D eigenvalue weighted by atomic mass is 35.5. The highest BCUT2D eigenvalue weighted by Gasteiger charge is 2.33. The summed E-state index contributed by atoms with van der Waals surface area (Å²) in [5.41, 5.74) is 7.35. The summed E-state index contributed by atoms with van der Waals surface area (Å²) >= 11 is 12.7. The monoisotopic (exact) mass is 300 g/mol. The molecule has 0 radical (unpaired) electrons. The zero-order valence-electron chi connectivity index (χ0n) is 11.6. The Morgan fingerprint density at radius 1 is 1.32 bits per heavy atom. The molecule has 0 aromatic heterocycles. The molecule has 2 nitrogen and oxygen atoms in total. The van der Waals surface area contributed by atoms with Gasteiger partial charge in [0.1, 0.15) is 0 Å². The number of hydrogen-bond donors (Lipinski definition) is 1. The Hall–Kier alpha value is -0.280. The molecule has 0 saturated carbocycles. The summed E-state index contributed by atoms with van der Waals surface area (Å²) in [7, 11) is 0. The van der Waals surface area contributed by atoms with E-state index < -0.39 is 0 Å². The molecular formula is C15H22Cl2N2. The van der Waals surface area contributed by atoms with Gasteiger partial charge in [-0.05, 0) is 37.4 Å². The van der Waals surface area contributed by atoms with E-state index in [2.05, 4.69) is 18.7 Å². The van der Waals surface area contributed by atoms with E-state index in [1.807, 2.05) is 18.2 Å². The standard InChI is InChI=1S/C15H22Cl2N2/c1-10(2)9-19-8-4-7-13(18)15(19)14-11(16)5-3-6-12(14)17/h3,5-6,10,13,15H,4,7-9,18H2,1-2H3. The topological polar surface area (TPSA) is 29.3 Å². The smallest absolute Gasteiger partial charge is 0.0528 e. The van der Waals surface area contributed by atoms with Gasteiger partial charge in [0.15, 0.2) is 0 Å². The third-order valence-electron chi connectivity index (χ3n) is 3.68. The number of halogens is 2. The van der Waals surface area contributed by atoms with E-state index in [9.17, 15) is 0 Å². The minimum Gasteiger partial charge on any atom is -0.326 e. The number of likely N-dealkylation sites (tertiary alicyclic amines) is 1. The summed E-state index contributed by atoms with van der Waals surface area (Å²) in [4.78, 5) is 2.44. The van der Waals surface area contributed by atoms with Crippen molar-refractivity contribution in [3.05, 3.63) is 33.8 Å². The van der Waals surface area contributed by atoms with E-state index in [0.29, 0.717) is 5.92 Å². The van der Waals surface area contributed by atoms with Crippen LogP contribution in [0.4, 0.5) is 0 Å². The lowest BCUT2D eigenvalue weighted by Gasteiger charge is -2.41. The summed E-state index contributed by atoms with van der Waals surface area (Å²) in [6.45, 7) is 6.55. The number of rotatable bonds is 3. The maximum Gasteiger partial charge on any atom is 0.0528 e. The molecule has 19 heavy (non-hydrogen) atoms. The normalized spacial score (nSPS) is 24.9. The Balaban J connectivity index is 2.36. The van der Waals surface area contributed by atoms with Crippen molar-refractivity contribution in [3.63, 3.8) is 0 Å². The van der Waals surface area contributed by atoms with E-state index in [4.69, 9.17) is 28.9 Å². The zero-order chi connectivity index (χ0) is 14.0. The van der Waals surface area contributed by atoms with Gasteiger partial charge in [0, 0.05) is 28.2 Å². The average Bonchev–Trinajstić information content (AvgIpc) is 2.31. The average molecular weight is 301 g/mol. The molecule has 4 heteroatoms. The quantitative estimate of drug-likeness (QED) is 0.910. The minimum absolute atomic E-state index is 0.102. The first-order valence-electron chi connectivity index (χ1n) is 6.94. The molecule has 1 aromatic rings. The van der Waals surface area contributed by atoms with Crippen LogP contribution < -0.4 is 5.73 Å². The van der Waals surface area contributed by atoms with Crippen molar-refractivity contribution in [2.45, 2.75) is 38.8 Å². The fraction of sp³-hybridized carbons (Fsp3) is 0.600. The second-order valence-corrected chi connectivity index (χ2v) is 6.59. The number of piperidine rings is 1. The molecule has 0 amide bonds. The van der Waals surface area contributed by atoms with Gasteiger partial charge in [-0.15, -0.1) is 0 Å². The third kappa shape index (κ3) is 3.43. The molecule has 0 aliphatic carbocycles. The number of hydrogen-bond acceptors (Lipinski definition) is 2. The van der Waals surface area contributed by atoms with Gasteiger partial charge in [-0.1, -0.05) is 43.1 Å². The Morgan fingerprint density at radius 3 is 2.53 bits per heavy atom. The lowest BCUT2D eigenvalue weighted by molar-refractivity contribution is 0.114. The highest BCUT2D eigenvalue weighted by Crippen LogP contribution is 2.38. The molecule has 1 heterocycles. The van der Waals surface area contributed by atoms with Crippen LogP contribution in [0.25, 0.3) is 0 Å². The predicted molar refractivity (Wildman–Crippen MR) is 82.8 cm³/mol. The number of nitrogens with zero attached hydrogens (tertiary/aromatic N) is 1. The first kappa shape index (κ1) is 15.1. The van der Waals surface area contributed by atoms with Crippen LogP contribution in [0.1, 0.15) is 38.3 Å². The van der Waals surface area contributed by atoms with Gasteiger partial charge in [-0.25, -0.2) is 0 Å². The molecule has 0 bridgehead atoms. The summed E-state index contributed by atoms with van der Waals surface area (Å²) in [5, 5.41) is 1.45. The van der Waals surface area contributed by atoms with Crippen LogP contribution in [-0.2, 0) is 0 Å². The maximum atomic E-state index is 6.36. The minimum atomic E-state index is 0.102. The van der Waals surface area contributed by atoms with Crippen molar-refractivity contribution in [1.82, 2.24) is 4.90 Å². The zero-order valence-corrected chi connectivity index (χ0v) is 13.1. The van der Waals surface area contributed by atoms with Gasteiger partial charge in [0.25, 0.3) is 0 Å². The van der Waals surface area contributed by atoms with Crippen LogP contribution in [0, 0.1) is 5.92 Å². The van der Waals surface area contributed by atoms with Crippen molar-refractivity contribution in [2.24, 2.45) is 11.7 Å².